The summed E-state index contributed by atoms with van der Waals surface area (Å²) in [5.41, 5.74) is 5.63. The fourth-order valence-electron chi connectivity index (χ4n) is 0.996. The van der Waals surface area contributed by atoms with Crippen molar-refractivity contribution >= 4 is 0 Å². The van der Waals surface area contributed by atoms with Gasteiger partial charge in [-0.05, 0) is 19.8 Å². The van der Waals surface area contributed by atoms with E-state index in [0.717, 1.165) is 25.9 Å². The minimum absolute atomic E-state index is 0.0511. The topological polar surface area (TPSA) is 35.2 Å². The van der Waals surface area contributed by atoms with Gasteiger partial charge in [0.05, 0.1) is 0 Å². The SMILES string of the molecule is [CH2]CCCCCC(N)OCC. The summed E-state index contributed by atoms with van der Waals surface area (Å²) < 4.78 is 5.18. The lowest BCUT2D eigenvalue weighted by molar-refractivity contribution is 0.0597. The second-order valence-corrected chi connectivity index (χ2v) is 2.70. The molecule has 0 saturated carbocycles. The minimum Gasteiger partial charge on any atom is -0.364 e. The van der Waals surface area contributed by atoms with Crippen LogP contribution in [0.2, 0.25) is 0 Å². The Morgan fingerprint density at radius 1 is 1.36 bits per heavy atom. The lowest BCUT2D eigenvalue weighted by atomic mass is 10.1. The van der Waals surface area contributed by atoms with Crippen LogP contribution in [0.25, 0.3) is 0 Å². The third-order valence-electron chi connectivity index (χ3n) is 1.62. The van der Waals surface area contributed by atoms with Gasteiger partial charge in [0.25, 0.3) is 0 Å². The highest BCUT2D eigenvalue weighted by atomic mass is 16.5. The molecule has 1 radical (unpaired) electrons. The predicted molar refractivity (Wildman–Crippen MR) is 48.0 cm³/mol. The molecule has 0 aromatic heterocycles. The van der Waals surface area contributed by atoms with Crippen LogP contribution >= 0.6 is 0 Å². The van der Waals surface area contributed by atoms with Crippen molar-refractivity contribution in [2.24, 2.45) is 5.73 Å². The number of nitrogens with two attached hydrogens (primary N) is 1. The summed E-state index contributed by atoms with van der Waals surface area (Å²) >= 11 is 0. The second-order valence-electron chi connectivity index (χ2n) is 2.70. The Hall–Kier alpha value is -0.0800. The molecule has 2 nitrogen and oxygen atoms in total. The van der Waals surface area contributed by atoms with Crippen LogP contribution in [0.4, 0.5) is 0 Å². The molecule has 0 spiro atoms. The van der Waals surface area contributed by atoms with Crippen molar-refractivity contribution in [1.82, 2.24) is 0 Å². The fourth-order valence-corrected chi connectivity index (χ4v) is 0.996. The number of hydrogen-bond acceptors (Lipinski definition) is 2. The zero-order valence-electron chi connectivity index (χ0n) is 7.51. The van der Waals surface area contributed by atoms with Crippen molar-refractivity contribution in [3.05, 3.63) is 6.92 Å². The van der Waals surface area contributed by atoms with Gasteiger partial charge in [0.1, 0.15) is 6.23 Å². The molecule has 2 N–H and O–H groups in total. The van der Waals surface area contributed by atoms with Gasteiger partial charge in [0, 0.05) is 6.61 Å². The Morgan fingerprint density at radius 3 is 2.64 bits per heavy atom. The van der Waals surface area contributed by atoms with E-state index in [1.54, 1.807) is 0 Å². The highest BCUT2D eigenvalue weighted by molar-refractivity contribution is 4.50. The zero-order valence-corrected chi connectivity index (χ0v) is 7.51. The number of rotatable bonds is 7. The molecular formula is C9H20NO. The van der Waals surface area contributed by atoms with E-state index >= 15 is 0 Å². The Kier molecular flexibility index (Phi) is 7.96. The first-order valence-corrected chi connectivity index (χ1v) is 4.47. The van der Waals surface area contributed by atoms with Gasteiger partial charge in [-0.15, -0.1) is 0 Å². The molecule has 0 aliphatic rings. The van der Waals surface area contributed by atoms with Gasteiger partial charge in [0.15, 0.2) is 0 Å². The Balaban J connectivity index is 2.97. The van der Waals surface area contributed by atoms with Gasteiger partial charge in [-0.1, -0.05) is 26.2 Å². The molecule has 0 bridgehead atoms. The van der Waals surface area contributed by atoms with E-state index in [9.17, 15) is 0 Å². The van der Waals surface area contributed by atoms with Crippen LogP contribution in [0.15, 0.2) is 0 Å². The Morgan fingerprint density at radius 2 is 2.09 bits per heavy atom. The van der Waals surface area contributed by atoms with Crippen LogP contribution in [0.3, 0.4) is 0 Å². The van der Waals surface area contributed by atoms with Crippen LogP contribution in [-0.2, 0) is 4.74 Å². The van der Waals surface area contributed by atoms with Crippen molar-refractivity contribution < 1.29 is 4.74 Å². The Labute approximate surface area is 70.1 Å². The number of hydrogen-bond donors (Lipinski definition) is 1. The van der Waals surface area contributed by atoms with Crippen molar-refractivity contribution in [3.8, 4) is 0 Å². The van der Waals surface area contributed by atoms with Crippen molar-refractivity contribution in [1.29, 1.82) is 0 Å². The molecule has 1 atom stereocenters. The van der Waals surface area contributed by atoms with E-state index in [-0.39, 0.29) is 6.23 Å². The van der Waals surface area contributed by atoms with Gasteiger partial charge >= 0.3 is 0 Å². The molecule has 0 aromatic rings. The number of unbranched alkanes of at least 4 members (excludes halogenated alkanes) is 3. The standard InChI is InChI=1S/C9H20NO/c1-3-5-6-7-8-9(10)11-4-2/h9H,1,3-8,10H2,2H3. The second kappa shape index (κ2) is 8.02. The van der Waals surface area contributed by atoms with Gasteiger partial charge in [-0.25, -0.2) is 0 Å². The van der Waals surface area contributed by atoms with Crippen LogP contribution in [0.5, 0.6) is 0 Å². The third-order valence-corrected chi connectivity index (χ3v) is 1.62. The summed E-state index contributed by atoms with van der Waals surface area (Å²) in [5, 5.41) is 0. The molecule has 1 unspecified atom stereocenters. The highest BCUT2D eigenvalue weighted by Crippen LogP contribution is 2.04. The van der Waals surface area contributed by atoms with Gasteiger partial charge in [0.2, 0.25) is 0 Å². The van der Waals surface area contributed by atoms with Crippen LogP contribution in [0.1, 0.15) is 39.0 Å². The largest absolute Gasteiger partial charge is 0.364 e. The molecule has 0 aliphatic heterocycles. The summed E-state index contributed by atoms with van der Waals surface area (Å²) in [6.45, 7) is 6.46. The summed E-state index contributed by atoms with van der Waals surface area (Å²) in [5.74, 6) is 0. The monoisotopic (exact) mass is 158 g/mol. The fraction of sp³-hybridized carbons (Fsp3) is 0.889. The summed E-state index contributed by atoms with van der Waals surface area (Å²) in [7, 11) is 0. The smallest absolute Gasteiger partial charge is 0.105 e. The molecule has 67 valence electrons. The quantitative estimate of drug-likeness (QED) is 0.455. The first-order chi connectivity index (χ1) is 5.31. The highest BCUT2D eigenvalue weighted by Gasteiger charge is 1.99. The molecule has 0 aromatic carbocycles. The number of ether oxygens (including phenoxy) is 1. The van der Waals surface area contributed by atoms with E-state index in [1.165, 1.54) is 12.8 Å². The lowest BCUT2D eigenvalue weighted by Gasteiger charge is -2.10. The molecule has 0 heterocycles. The predicted octanol–water partition coefficient (Wildman–Crippen LogP) is 2.09. The van der Waals surface area contributed by atoms with Crippen molar-refractivity contribution in [2.75, 3.05) is 6.61 Å². The van der Waals surface area contributed by atoms with E-state index in [1.807, 2.05) is 6.92 Å². The van der Waals surface area contributed by atoms with Crippen LogP contribution in [-0.4, -0.2) is 12.8 Å². The zero-order chi connectivity index (χ0) is 8.53. The Bertz CT molecular complexity index is 76.0. The minimum atomic E-state index is -0.0511. The van der Waals surface area contributed by atoms with Crippen molar-refractivity contribution in [2.45, 2.75) is 45.3 Å². The molecule has 11 heavy (non-hydrogen) atoms. The van der Waals surface area contributed by atoms with E-state index in [4.69, 9.17) is 10.5 Å². The third kappa shape index (κ3) is 7.82. The van der Waals surface area contributed by atoms with Gasteiger partial charge < -0.3 is 10.5 Å². The van der Waals surface area contributed by atoms with E-state index < -0.39 is 0 Å². The van der Waals surface area contributed by atoms with Crippen LogP contribution < -0.4 is 5.73 Å². The normalized spacial score (nSPS) is 13.4. The summed E-state index contributed by atoms with van der Waals surface area (Å²) in [6.07, 6.45) is 5.56. The van der Waals surface area contributed by atoms with E-state index in [0.29, 0.717) is 0 Å². The van der Waals surface area contributed by atoms with Gasteiger partial charge in [-0.2, -0.15) is 0 Å². The first kappa shape index (κ1) is 10.9. The van der Waals surface area contributed by atoms with Crippen LogP contribution in [0, 0.1) is 6.92 Å². The average Bonchev–Trinajstić information content (AvgIpc) is 1.99. The molecule has 2 heteroatoms. The molecule has 0 aliphatic carbocycles. The van der Waals surface area contributed by atoms with E-state index in [2.05, 4.69) is 6.92 Å². The maximum atomic E-state index is 5.63. The molecule has 0 rings (SSSR count). The lowest BCUT2D eigenvalue weighted by Crippen LogP contribution is -2.23. The molecule has 0 fully saturated rings. The summed E-state index contributed by atoms with van der Waals surface area (Å²) in [6, 6.07) is 0. The van der Waals surface area contributed by atoms with Crippen molar-refractivity contribution in [3.63, 3.8) is 0 Å². The maximum absolute atomic E-state index is 5.63. The molecule has 0 saturated heterocycles. The average molecular weight is 158 g/mol. The molecule has 0 amide bonds. The maximum Gasteiger partial charge on any atom is 0.105 e. The van der Waals surface area contributed by atoms with Gasteiger partial charge in [-0.3, -0.25) is 0 Å². The molecular weight excluding hydrogens is 138 g/mol. The first-order valence-electron chi connectivity index (χ1n) is 4.47. The summed E-state index contributed by atoms with van der Waals surface area (Å²) in [4.78, 5) is 0.